The molecule has 0 aliphatic heterocycles. The van der Waals surface area contributed by atoms with Crippen molar-refractivity contribution in [3.8, 4) is 11.3 Å². The molecule has 0 spiro atoms. The predicted molar refractivity (Wildman–Crippen MR) is 81.9 cm³/mol. The molecule has 2 N–H and O–H groups in total. The van der Waals surface area contributed by atoms with E-state index in [1.807, 2.05) is 36.4 Å². The molecule has 5 heteroatoms. The Morgan fingerprint density at radius 3 is 2.48 bits per heavy atom. The van der Waals surface area contributed by atoms with Crippen molar-refractivity contribution in [1.29, 1.82) is 0 Å². The molecule has 0 saturated carbocycles. The quantitative estimate of drug-likeness (QED) is 0.769. The molecule has 3 aromatic rings. The fraction of sp³-hybridized carbons (Fsp3) is 0.0625. The Bertz CT molecular complexity index is 746. The standard InChI is InChI=1S/C16H14N4O/c21-16-11-19-15(10-20-16)13-1-3-14(4-2-13)18-9-12-5-7-17-8-6-12/h1-8,10-11,18H,9H2,(H,20,21). The van der Waals surface area contributed by atoms with Gasteiger partial charge in [-0.1, -0.05) is 12.1 Å². The van der Waals surface area contributed by atoms with E-state index < -0.39 is 0 Å². The number of nitrogens with zero attached hydrogens (tertiary/aromatic N) is 2. The number of H-pyrrole nitrogens is 1. The smallest absolute Gasteiger partial charge is 0.266 e. The summed E-state index contributed by atoms with van der Waals surface area (Å²) in [6, 6.07) is 11.9. The van der Waals surface area contributed by atoms with Crippen LogP contribution in [0.5, 0.6) is 0 Å². The molecule has 5 nitrogen and oxygen atoms in total. The van der Waals surface area contributed by atoms with Crippen LogP contribution in [0.4, 0.5) is 5.69 Å². The number of aromatic amines is 1. The SMILES string of the molecule is O=c1cnc(-c2ccc(NCc3ccncc3)cc2)c[nH]1. The fourth-order valence-corrected chi connectivity index (χ4v) is 1.96. The van der Waals surface area contributed by atoms with Crippen molar-refractivity contribution in [2.45, 2.75) is 6.54 Å². The first-order valence-corrected chi connectivity index (χ1v) is 6.59. The lowest BCUT2D eigenvalue weighted by Gasteiger charge is -2.07. The topological polar surface area (TPSA) is 70.7 Å². The van der Waals surface area contributed by atoms with Crippen LogP contribution in [0.3, 0.4) is 0 Å². The van der Waals surface area contributed by atoms with Gasteiger partial charge in [0.2, 0.25) is 0 Å². The number of hydrogen-bond acceptors (Lipinski definition) is 4. The van der Waals surface area contributed by atoms with Gasteiger partial charge in [0, 0.05) is 36.4 Å². The molecule has 0 amide bonds. The molecular weight excluding hydrogens is 264 g/mol. The number of aromatic nitrogens is 3. The van der Waals surface area contributed by atoms with Crippen molar-refractivity contribution in [3.63, 3.8) is 0 Å². The van der Waals surface area contributed by atoms with Gasteiger partial charge in [0.15, 0.2) is 0 Å². The van der Waals surface area contributed by atoms with Gasteiger partial charge in [0.25, 0.3) is 5.56 Å². The molecule has 3 rings (SSSR count). The number of nitrogens with one attached hydrogen (secondary N) is 2. The van der Waals surface area contributed by atoms with Gasteiger partial charge >= 0.3 is 0 Å². The lowest BCUT2D eigenvalue weighted by molar-refractivity contribution is 1.13. The Morgan fingerprint density at radius 1 is 1.05 bits per heavy atom. The van der Waals surface area contributed by atoms with E-state index in [9.17, 15) is 4.79 Å². The summed E-state index contributed by atoms with van der Waals surface area (Å²) >= 11 is 0. The Hall–Kier alpha value is -2.95. The summed E-state index contributed by atoms with van der Waals surface area (Å²) in [6.07, 6.45) is 6.45. The van der Waals surface area contributed by atoms with Crippen molar-refractivity contribution in [2.75, 3.05) is 5.32 Å². The highest BCUT2D eigenvalue weighted by Crippen LogP contribution is 2.18. The van der Waals surface area contributed by atoms with Gasteiger partial charge in [0.05, 0.1) is 11.9 Å². The van der Waals surface area contributed by atoms with Crippen molar-refractivity contribution in [2.24, 2.45) is 0 Å². The van der Waals surface area contributed by atoms with Gasteiger partial charge < -0.3 is 10.3 Å². The van der Waals surface area contributed by atoms with Gasteiger partial charge in [-0.2, -0.15) is 0 Å². The zero-order valence-corrected chi connectivity index (χ0v) is 11.3. The number of anilines is 1. The van der Waals surface area contributed by atoms with Crippen molar-refractivity contribution < 1.29 is 0 Å². The van der Waals surface area contributed by atoms with E-state index in [4.69, 9.17) is 0 Å². The van der Waals surface area contributed by atoms with Gasteiger partial charge in [-0.25, -0.2) is 4.98 Å². The molecule has 2 heterocycles. The van der Waals surface area contributed by atoms with E-state index in [0.29, 0.717) is 0 Å². The molecule has 0 aliphatic rings. The molecule has 0 atom stereocenters. The van der Waals surface area contributed by atoms with Crippen LogP contribution < -0.4 is 10.9 Å². The summed E-state index contributed by atoms with van der Waals surface area (Å²) in [6.45, 7) is 0.749. The third-order valence-corrected chi connectivity index (χ3v) is 3.10. The molecule has 0 bridgehead atoms. The van der Waals surface area contributed by atoms with E-state index in [-0.39, 0.29) is 5.56 Å². The van der Waals surface area contributed by atoms with Crippen molar-refractivity contribution in [1.82, 2.24) is 15.0 Å². The number of pyridine rings is 1. The molecule has 0 aliphatic carbocycles. The van der Waals surface area contributed by atoms with Crippen LogP contribution >= 0.6 is 0 Å². The Labute approximate surface area is 121 Å². The van der Waals surface area contributed by atoms with Crippen LogP contribution in [0, 0.1) is 0 Å². The van der Waals surface area contributed by atoms with E-state index in [1.54, 1.807) is 18.6 Å². The lowest BCUT2D eigenvalue weighted by Crippen LogP contribution is -2.04. The van der Waals surface area contributed by atoms with Gasteiger partial charge in [-0.05, 0) is 29.8 Å². The van der Waals surface area contributed by atoms with Crippen LogP contribution in [0.1, 0.15) is 5.56 Å². The Morgan fingerprint density at radius 2 is 1.81 bits per heavy atom. The second-order valence-electron chi connectivity index (χ2n) is 4.58. The summed E-state index contributed by atoms with van der Waals surface area (Å²) in [4.78, 5) is 21.7. The van der Waals surface area contributed by atoms with Crippen LogP contribution in [0.2, 0.25) is 0 Å². The summed E-state index contributed by atoms with van der Waals surface area (Å²) in [7, 11) is 0. The van der Waals surface area contributed by atoms with Crippen molar-refractivity contribution in [3.05, 3.63) is 77.1 Å². The third-order valence-electron chi connectivity index (χ3n) is 3.10. The first kappa shape index (κ1) is 13.1. The highest BCUT2D eigenvalue weighted by atomic mass is 16.1. The maximum Gasteiger partial charge on any atom is 0.266 e. The minimum absolute atomic E-state index is 0.200. The molecular formula is C16H14N4O. The average molecular weight is 278 g/mol. The molecule has 0 fully saturated rings. The van der Waals surface area contributed by atoms with E-state index >= 15 is 0 Å². The fourth-order valence-electron chi connectivity index (χ4n) is 1.96. The summed E-state index contributed by atoms with van der Waals surface area (Å²) in [5, 5.41) is 3.34. The average Bonchev–Trinajstić information content (AvgIpc) is 2.55. The molecule has 0 radical (unpaired) electrons. The first-order chi connectivity index (χ1) is 10.3. The Balaban J connectivity index is 1.69. The van der Waals surface area contributed by atoms with Gasteiger partial charge in [-0.15, -0.1) is 0 Å². The second kappa shape index (κ2) is 6.00. The first-order valence-electron chi connectivity index (χ1n) is 6.59. The molecule has 2 aromatic heterocycles. The maximum absolute atomic E-state index is 11.0. The van der Waals surface area contributed by atoms with E-state index in [2.05, 4.69) is 20.3 Å². The van der Waals surface area contributed by atoms with Crippen LogP contribution in [-0.4, -0.2) is 15.0 Å². The molecule has 0 saturated heterocycles. The molecule has 21 heavy (non-hydrogen) atoms. The summed E-state index contributed by atoms with van der Waals surface area (Å²) < 4.78 is 0. The number of benzene rings is 1. The number of hydrogen-bond donors (Lipinski definition) is 2. The number of rotatable bonds is 4. The molecule has 104 valence electrons. The largest absolute Gasteiger partial charge is 0.381 e. The monoisotopic (exact) mass is 278 g/mol. The predicted octanol–water partition coefficient (Wildman–Crippen LogP) is 2.44. The zero-order chi connectivity index (χ0) is 14.5. The molecule has 0 unspecified atom stereocenters. The van der Waals surface area contributed by atoms with Crippen LogP contribution in [0.15, 0.2) is 66.0 Å². The zero-order valence-electron chi connectivity index (χ0n) is 11.3. The molecule has 1 aromatic carbocycles. The van der Waals surface area contributed by atoms with Crippen molar-refractivity contribution >= 4 is 5.69 Å². The highest BCUT2D eigenvalue weighted by molar-refractivity contribution is 5.61. The lowest BCUT2D eigenvalue weighted by atomic mass is 10.1. The minimum atomic E-state index is -0.200. The maximum atomic E-state index is 11.0. The highest BCUT2D eigenvalue weighted by Gasteiger charge is 2.00. The summed E-state index contributed by atoms with van der Waals surface area (Å²) in [5.74, 6) is 0. The van der Waals surface area contributed by atoms with Gasteiger partial charge in [0.1, 0.15) is 0 Å². The second-order valence-corrected chi connectivity index (χ2v) is 4.58. The van der Waals surface area contributed by atoms with Gasteiger partial charge in [-0.3, -0.25) is 9.78 Å². The normalized spacial score (nSPS) is 10.3. The van der Waals surface area contributed by atoms with E-state index in [0.717, 1.165) is 23.5 Å². The van der Waals surface area contributed by atoms with Crippen LogP contribution in [0.25, 0.3) is 11.3 Å². The minimum Gasteiger partial charge on any atom is -0.381 e. The van der Waals surface area contributed by atoms with E-state index in [1.165, 1.54) is 11.8 Å². The summed E-state index contributed by atoms with van der Waals surface area (Å²) in [5.41, 5.74) is 3.71. The third kappa shape index (κ3) is 3.33. The van der Waals surface area contributed by atoms with Crippen LogP contribution in [-0.2, 0) is 6.54 Å². The Kier molecular flexibility index (Phi) is 3.73.